The second kappa shape index (κ2) is 9.29. The van der Waals surface area contributed by atoms with Crippen molar-refractivity contribution >= 4 is 34.9 Å². The van der Waals surface area contributed by atoms with Crippen LogP contribution in [0.2, 0.25) is 0 Å². The molecular weight excluding hydrogens is 378 g/mol. The molecule has 0 saturated heterocycles. The molecule has 2 aromatic rings. The van der Waals surface area contributed by atoms with Crippen molar-refractivity contribution in [2.24, 2.45) is 0 Å². The molecule has 0 spiro atoms. The van der Waals surface area contributed by atoms with Gasteiger partial charge in [-0.25, -0.2) is 9.59 Å². The SMILES string of the molecule is COc1ccc(C(=O)OCC(=O)NC(=O)NCc2cccs2)cc1[N+](=O)[O-]. The number of methoxy groups -OCH3 is 1. The Morgan fingerprint density at radius 2 is 2.04 bits per heavy atom. The predicted octanol–water partition coefficient (Wildman–Crippen LogP) is 1.85. The molecule has 10 nitrogen and oxygen atoms in total. The molecule has 0 aliphatic heterocycles. The molecule has 0 radical (unpaired) electrons. The van der Waals surface area contributed by atoms with Gasteiger partial charge in [-0.1, -0.05) is 6.07 Å². The molecule has 0 saturated carbocycles. The molecule has 0 unspecified atom stereocenters. The van der Waals surface area contributed by atoms with E-state index in [0.29, 0.717) is 0 Å². The summed E-state index contributed by atoms with van der Waals surface area (Å²) in [5, 5.41) is 17.3. The molecule has 0 aliphatic rings. The third kappa shape index (κ3) is 5.78. The molecule has 1 aromatic heterocycles. The van der Waals surface area contributed by atoms with Crippen molar-refractivity contribution in [3.63, 3.8) is 0 Å². The number of urea groups is 1. The maximum atomic E-state index is 11.9. The molecule has 2 rings (SSSR count). The van der Waals surface area contributed by atoms with E-state index in [1.807, 2.05) is 22.8 Å². The van der Waals surface area contributed by atoms with Gasteiger partial charge in [0.05, 0.1) is 24.1 Å². The number of imide groups is 1. The first-order valence-corrected chi connectivity index (χ1v) is 8.38. The van der Waals surface area contributed by atoms with Crippen LogP contribution < -0.4 is 15.4 Å². The van der Waals surface area contributed by atoms with Crippen LogP contribution >= 0.6 is 11.3 Å². The summed E-state index contributed by atoms with van der Waals surface area (Å²) < 4.78 is 9.59. The smallest absolute Gasteiger partial charge is 0.338 e. The average molecular weight is 393 g/mol. The van der Waals surface area contributed by atoms with Crippen LogP contribution in [-0.4, -0.2) is 36.5 Å². The molecule has 0 fully saturated rings. The molecule has 0 aliphatic carbocycles. The Labute approximate surface area is 157 Å². The first-order chi connectivity index (χ1) is 12.9. The third-order valence-corrected chi connectivity index (χ3v) is 4.08. The van der Waals surface area contributed by atoms with E-state index < -0.39 is 35.1 Å². The number of rotatable bonds is 7. The number of nitrogens with zero attached hydrogens (tertiary/aromatic N) is 1. The van der Waals surface area contributed by atoms with Crippen molar-refractivity contribution in [1.82, 2.24) is 10.6 Å². The highest BCUT2D eigenvalue weighted by Gasteiger charge is 2.19. The lowest BCUT2D eigenvalue weighted by molar-refractivity contribution is -0.385. The number of carbonyl (C=O) groups is 3. The lowest BCUT2D eigenvalue weighted by Gasteiger charge is -2.07. The van der Waals surface area contributed by atoms with E-state index in [-0.39, 0.29) is 17.9 Å². The third-order valence-electron chi connectivity index (χ3n) is 3.20. The van der Waals surface area contributed by atoms with E-state index in [2.05, 4.69) is 5.32 Å². The summed E-state index contributed by atoms with van der Waals surface area (Å²) in [4.78, 5) is 46.3. The summed E-state index contributed by atoms with van der Waals surface area (Å²) in [6.07, 6.45) is 0. The summed E-state index contributed by atoms with van der Waals surface area (Å²) in [7, 11) is 1.26. The quantitative estimate of drug-likeness (QED) is 0.416. The number of thiophene rings is 1. The van der Waals surface area contributed by atoms with E-state index in [0.717, 1.165) is 10.9 Å². The minimum absolute atomic E-state index is 0.0169. The molecule has 0 bridgehead atoms. The largest absolute Gasteiger partial charge is 0.490 e. The minimum Gasteiger partial charge on any atom is -0.490 e. The standard InChI is InChI=1S/C16H15N3O7S/c1-25-13-5-4-10(7-12(13)19(23)24)15(21)26-9-14(20)18-16(22)17-8-11-3-2-6-27-11/h2-7H,8-9H2,1H3,(H2,17,18,20,22). The van der Waals surface area contributed by atoms with Gasteiger partial charge < -0.3 is 14.8 Å². The van der Waals surface area contributed by atoms with E-state index in [1.54, 1.807) is 0 Å². The number of nitro benzene ring substituents is 1. The Bertz CT molecular complexity index is 852. The van der Waals surface area contributed by atoms with Gasteiger partial charge in [-0.15, -0.1) is 11.3 Å². The Morgan fingerprint density at radius 3 is 2.67 bits per heavy atom. The van der Waals surface area contributed by atoms with E-state index in [4.69, 9.17) is 9.47 Å². The molecule has 2 N–H and O–H groups in total. The van der Waals surface area contributed by atoms with Gasteiger partial charge in [0.1, 0.15) is 0 Å². The lowest BCUT2D eigenvalue weighted by Crippen LogP contribution is -2.41. The summed E-state index contributed by atoms with van der Waals surface area (Å²) in [5.41, 5.74) is -0.540. The van der Waals surface area contributed by atoms with Crippen LogP contribution in [0.1, 0.15) is 15.2 Å². The fourth-order valence-electron chi connectivity index (χ4n) is 1.96. The molecule has 27 heavy (non-hydrogen) atoms. The van der Waals surface area contributed by atoms with Gasteiger partial charge in [-0.3, -0.25) is 20.2 Å². The van der Waals surface area contributed by atoms with Crippen molar-refractivity contribution in [3.05, 3.63) is 56.3 Å². The maximum absolute atomic E-state index is 11.9. The van der Waals surface area contributed by atoms with Crippen molar-refractivity contribution in [1.29, 1.82) is 0 Å². The summed E-state index contributed by atoms with van der Waals surface area (Å²) in [6.45, 7) is -0.461. The van der Waals surface area contributed by atoms with E-state index in [9.17, 15) is 24.5 Å². The van der Waals surface area contributed by atoms with Crippen LogP contribution in [0.4, 0.5) is 10.5 Å². The van der Waals surface area contributed by atoms with Crippen LogP contribution in [0, 0.1) is 10.1 Å². The van der Waals surface area contributed by atoms with Crippen LogP contribution in [0.25, 0.3) is 0 Å². The van der Waals surface area contributed by atoms with Gasteiger partial charge in [-0.2, -0.15) is 0 Å². The van der Waals surface area contributed by atoms with E-state index >= 15 is 0 Å². The van der Waals surface area contributed by atoms with E-state index in [1.165, 1.54) is 30.6 Å². The highest BCUT2D eigenvalue weighted by Crippen LogP contribution is 2.27. The van der Waals surface area contributed by atoms with Gasteiger partial charge in [0.15, 0.2) is 12.4 Å². The van der Waals surface area contributed by atoms with Gasteiger partial charge in [0.25, 0.3) is 5.91 Å². The van der Waals surface area contributed by atoms with Crippen LogP contribution in [0.3, 0.4) is 0 Å². The number of hydrogen-bond acceptors (Lipinski definition) is 8. The zero-order valence-electron chi connectivity index (χ0n) is 14.1. The van der Waals surface area contributed by atoms with Crippen molar-refractivity contribution < 1.29 is 28.8 Å². The monoisotopic (exact) mass is 393 g/mol. The molecule has 3 amide bonds. The maximum Gasteiger partial charge on any atom is 0.338 e. The first kappa shape index (κ1) is 19.8. The molecule has 11 heteroatoms. The zero-order valence-corrected chi connectivity index (χ0v) is 14.9. The number of carbonyl (C=O) groups excluding carboxylic acids is 3. The number of amides is 3. The number of benzene rings is 1. The fraction of sp³-hybridized carbons (Fsp3) is 0.188. The van der Waals surface area contributed by atoms with Gasteiger partial charge in [0, 0.05) is 10.9 Å². The molecular formula is C16H15N3O7S. The summed E-state index contributed by atoms with van der Waals surface area (Å²) in [5.74, 6) is -1.80. The van der Waals surface area contributed by atoms with Gasteiger partial charge in [0.2, 0.25) is 0 Å². The second-order valence-electron chi connectivity index (χ2n) is 5.03. The lowest BCUT2D eigenvalue weighted by atomic mass is 10.2. The van der Waals surface area contributed by atoms with Crippen LogP contribution in [0.15, 0.2) is 35.7 Å². The average Bonchev–Trinajstić information content (AvgIpc) is 3.17. The minimum atomic E-state index is -0.949. The highest BCUT2D eigenvalue weighted by atomic mass is 32.1. The molecule has 142 valence electrons. The predicted molar refractivity (Wildman–Crippen MR) is 94.6 cm³/mol. The normalized spacial score (nSPS) is 9.96. The number of hydrogen-bond donors (Lipinski definition) is 2. The Hall–Kier alpha value is -3.47. The Kier molecular flexibility index (Phi) is 6.83. The van der Waals surface area contributed by atoms with Crippen LogP contribution in [-0.2, 0) is 16.1 Å². The first-order valence-electron chi connectivity index (χ1n) is 7.50. The highest BCUT2D eigenvalue weighted by molar-refractivity contribution is 7.09. The Balaban J connectivity index is 1.83. The zero-order chi connectivity index (χ0) is 19.8. The fourth-order valence-corrected chi connectivity index (χ4v) is 2.61. The van der Waals surface area contributed by atoms with Crippen molar-refractivity contribution in [2.75, 3.05) is 13.7 Å². The van der Waals surface area contributed by atoms with Gasteiger partial charge >= 0.3 is 17.7 Å². The number of nitro groups is 1. The molecule has 1 aromatic carbocycles. The Morgan fingerprint density at radius 1 is 1.26 bits per heavy atom. The van der Waals surface area contributed by atoms with Crippen molar-refractivity contribution in [2.45, 2.75) is 6.54 Å². The van der Waals surface area contributed by atoms with Crippen LogP contribution in [0.5, 0.6) is 5.75 Å². The second-order valence-corrected chi connectivity index (χ2v) is 6.06. The number of nitrogens with one attached hydrogen (secondary N) is 2. The molecule has 0 atom stereocenters. The number of esters is 1. The van der Waals surface area contributed by atoms with Gasteiger partial charge in [-0.05, 0) is 23.6 Å². The number of ether oxygens (including phenoxy) is 2. The molecule has 1 heterocycles. The summed E-state index contributed by atoms with van der Waals surface area (Å²) >= 11 is 1.45. The van der Waals surface area contributed by atoms with Crippen molar-refractivity contribution in [3.8, 4) is 5.75 Å². The summed E-state index contributed by atoms with van der Waals surface area (Å²) in [6, 6.07) is 6.40. The topological polar surface area (TPSA) is 137 Å².